The first-order chi connectivity index (χ1) is 10.1. The highest BCUT2D eigenvalue weighted by Crippen LogP contribution is 2.17. The molecule has 0 aromatic heterocycles. The predicted octanol–water partition coefficient (Wildman–Crippen LogP) is 0.843. The summed E-state index contributed by atoms with van der Waals surface area (Å²) in [6.07, 6.45) is 0. The summed E-state index contributed by atoms with van der Waals surface area (Å²) in [4.78, 5) is 30.4. The summed E-state index contributed by atoms with van der Waals surface area (Å²) in [6, 6.07) is 7.83. The average molecular weight is 293 g/mol. The molecule has 1 heterocycles. The van der Waals surface area contributed by atoms with Crippen LogP contribution >= 0.6 is 0 Å². The lowest BCUT2D eigenvalue weighted by atomic mass is 10.2. The maximum absolute atomic E-state index is 11.8. The summed E-state index contributed by atoms with van der Waals surface area (Å²) in [7, 11) is 0. The van der Waals surface area contributed by atoms with Gasteiger partial charge in [-0.1, -0.05) is 12.1 Å². The standard InChI is InChI=1S/C14H19N3O4/c1-11-3-2-4-12(9-11)16-5-7-17(8-6-16)14(20)15-21-10-13(18)19/h2-4,9H,5-8,10H2,1H3,(H,15,20)(H,18,19). The third-order valence-electron chi connectivity index (χ3n) is 3.29. The van der Waals surface area contributed by atoms with Gasteiger partial charge < -0.3 is 14.9 Å². The summed E-state index contributed by atoms with van der Waals surface area (Å²) in [5, 5.41) is 8.42. The van der Waals surface area contributed by atoms with Gasteiger partial charge in [-0.2, -0.15) is 0 Å². The number of nitrogens with zero attached hydrogens (tertiary/aromatic N) is 2. The van der Waals surface area contributed by atoms with E-state index >= 15 is 0 Å². The lowest BCUT2D eigenvalue weighted by Crippen LogP contribution is -2.52. The zero-order valence-corrected chi connectivity index (χ0v) is 11.9. The molecule has 0 bridgehead atoms. The molecule has 1 fully saturated rings. The maximum atomic E-state index is 11.8. The lowest BCUT2D eigenvalue weighted by Gasteiger charge is -2.35. The molecule has 0 unspecified atom stereocenters. The highest BCUT2D eigenvalue weighted by Gasteiger charge is 2.21. The maximum Gasteiger partial charge on any atom is 0.341 e. The minimum Gasteiger partial charge on any atom is -0.479 e. The highest BCUT2D eigenvalue weighted by atomic mass is 16.7. The van der Waals surface area contributed by atoms with Crippen LogP contribution in [0.25, 0.3) is 0 Å². The molecular weight excluding hydrogens is 274 g/mol. The Labute approximate surface area is 123 Å². The number of hydrogen-bond acceptors (Lipinski definition) is 4. The van der Waals surface area contributed by atoms with Crippen LogP contribution in [0.1, 0.15) is 5.56 Å². The number of hydroxylamine groups is 1. The number of aliphatic carboxylic acids is 1. The molecule has 2 N–H and O–H groups in total. The number of urea groups is 1. The molecule has 114 valence electrons. The molecule has 0 radical (unpaired) electrons. The van der Waals surface area contributed by atoms with E-state index in [2.05, 4.69) is 27.4 Å². The molecule has 0 saturated carbocycles. The molecule has 7 heteroatoms. The molecule has 0 aliphatic carbocycles. The van der Waals surface area contributed by atoms with E-state index in [0.717, 1.165) is 18.8 Å². The molecule has 21 heavy (non-hydrogen) atoms. The van der Waals surface area contributed by atoms with Crippen LogP contribution in [-0.4, -0.2) is 54.8 Å². The van der Waals surface area contributed by atoms with Gasteiger partial charge in [0, 0.05) is 31.9 Å². The number of nitrogens with one attached hydrogen (secondary N) is 1. The fraction of sp³-hybridized carbons (Fsp3) is 0.429. The van der Waals surface area contributed by atoms with E-state index in [1.807, 2.05) is 19.1 Å². The normalized spacial score (nSPS) is 14.9. The van der Waals surface area contributed by atoms with Crippen molar-refractivity contribution in [2.75, 3.05) is 37.7 Å². The number of rotatable bonds is 4. The van der Waals surface area contributed by atoms with Crippen LogP contribution in [0.15, 0.2) is 24.3 Å². The van der Waals surface area contributed by atoms with Crippen molar-refractivity contribution < 1.29 is 19.5 Å². The third kappa shape index (κ3) is 4.35. The van der Waals surface area contributed by atoms with E-state index in [-0.39, 0.29) is 0 Å². The molecule has 2 amide bonds. The second-order valence-corrected chi connectivity index (χ2v) is 4.90. The Kier molecular flexibility index (Phi) is 4.99. The van der Waals surface area contributed by atoms with Crippen molar-refractivity contribution in [2.45, 2.75) is 6.92 Å². The van der Waals surface area contributed by atoms with Crippen molar-refractivity contribution in [1.82, 2.24) is 10.4 Å². The number of carboxylic acid groups (broad SMARTS) is 1. The van der Waals surface area contributed by atoms with Crippen molar-refractivity contribution in [1.29, 1.82) is 0 Å². The van der Waals surface area contributed by atoms with Crippen LogP contribution in [0.2, 0.25) is 0 Å². The van der Waals surface area contributed by atoms with E-state index in [1.54, 1.807) is 4.90 Å². The molecule has 1 aromatic carbocycles. The average Bonchev–Trinajstić information content (AvgIpc) is 2.47. The number of carboxylic acids is 1. The van der Waals surface area contributed by atoms with E-state index in [1.165, 1.54) is 5.56 Å². The molecule has 1 saturated heterocycles. The Bertz CT molecular complexity index is 513. The minimum absolute atomic E-state index is 0.403. The number of piperazine rings is 1. The fourth-order valence-electron chi connectivity index (χ4n) is 2.22. The Morgan fingerprint density at radius 1 is 1.29 bits per heavy atom. The quantitative estimate of drug-likeness (QED) is 0.804. The number of amides is 2. The molecular formula is C14H19N3O4. The van der Waals surface area contributed by atoms with Crippen molar-refractivity contribution >= 4 is 17.7 Å². The molecule has 1 aromatic rings. The zero-order valence-electron chi connectivity index (χ0n) is 11.9. The highest BCUT2D eigenvalue weighted by molar-refractivity contribution is 5.74. The first-order valence-electron chi connectivity index (χ1n) is 6.76. The van der Waals surface area contributed by atoms with Gasteiger partial charge in [-0.05, 0) is 24.6 Å². The Morgan fingerprint density at radius 2 is 2.00 bits per heavy atom. The van der Waals surface area contributed by atoms with Crippen LogP contribution in [0.3, 0.4) is 0 Å². The van der Waals surface area contributed by atoms with Crippen molar-refractivity contribution in [3.05, 3.63) is 29.8 Å². The van der Waals surface area contributed by atoms with E-state index in [9.17, 15) is 9.59 Å². The second kappa shape index (κ2) is 6.94. The minimum atomic E-state index is -1.13. The van der Waals surface area contributed by atoms with Gasteiger partial charge in [0.25, 0.3) is 0 Å². The lowest BCUT2D eigenvalue weighted by molar-refractivity contribution is -0.144. The van der Waals surface area contributed by atoms with Gasteiger partial charge >= 0.3 is 12.0 Å². The van der Waals surface area contributed by atoms with Gasteiger partial charge in [-0.25, -0.2) is 15.1 Å². The van der Waals surface area contributed by atoms with Gasteiger partial charge in [0.2, 0.25) is 0 Å². The van der Waals surface area contributed by atoms with Crippen molar-refractivity contribution in [3.63, 3.8) is 0 Å². The summed E-state index contributed by atoms with van der Waals surface area (Å²) in [5.74, 6) is -1.13. The number of benzene rings is 1. The summed E-state index contributed by atoms with van der Waals surface area (Å²) in [5.41, 5.74) is 4.49. The van der Waals surface area contributed by atoms with Gasteiger partial charge in [0.15, 0.2) is 6.61 Å². The number of anilines is 1. The molecule has 7 nitrogen and oxygen atoms in total. The van der Waals surface area contributed by atoms with Gasteiger partial charge in [-0.3, -0.25) is 4.84 Å². The number of aryl methyl sites for hydroxylation is 1. The van der Waals surface area contributed by atoms with Gasteiger partial charge in [-0.15, -0.1) is 0 Å². The van der Waals surface area contributed by atoms with Crippen molar-refractivity contribution in [2.24, 2.45) is 0 Å². The second-order valence-electron chi connectivity index (χ2n) is 4.90. The summed E-state index contributed by atoms with van der Waals surface area (Å²) < 4.78 is 0. The van der Waals surface area contributed by atoms with E-state index < -0.39 is 18.6 Å². The number of carbonyl (C=O) groups excluding carboxylic acids is 1. The van der Waals surface area contributed by atoms with Crippen LogP contribution in [-0.2, 0) is 9.63 Å². The summed E-state index contributed by atoms with van der Waals surface area (Å²) >= 11 is 0. The monoisotopic (exact) mass is 293 g/mol. The van der Waals surface area contributed by atoms with Crippen LogP contribution in [0.5, 0.6) is 0 Å². The van der Waals surface area contributed by atoms with Crippen molar-refractivity contribution in [3.8, 4) is 0 Å². The zero-order chi connectivity index (χ0) is 15.2. The van der Waals surface area contributed by atoms with Crippen LogP contribution < -0.4 is 10.4 Å². The molecule has 2 rings (SSSR count). The third-order valence-corrected chi connectivity index (χ3v) is 3.29. The van der Waals surface area contributed by atoms with Gasteiger partial charge in [0.05, 0.1) is 0 Å². The smallest absolute Gasteiger partial charge is 0.341 e. The van der Waals surface area contributed by atoms with Crippen LogP contribution in [0.4, 0.5) is 10.5 Å². The Balaban J connectivity index is 1.80. The predicted molar refractivity (Wildman–Crippen MR) is 77.1 cm³/mol. The summed E-state index contributed by atoms with van der Waals surface area (Å²) in [6.45, 7) is 4.10. The largest absolute Gasteiger partial charge is 0.479 e. The molecule has 1 aliphatic rings. The molecule has 0 spiro atoms. The fourth-order valence-corrected chi connectivity index (χ4v) is 2.22. The SMILES string of the molecule is Cc1cccc(N2CCN(C(=O)NOCC(=O)O)CC2)c1. The Hall–Kier alpha value is -2.28. The number of carbonyl (C=O) groups is 2. The molecule has 0 atom stereocenters. The number of hydrogen-bond donors (Lipinski definition) is 2. The first kappa shape index (κ1) is 15.1. The topological polar surface area (TPSA) is 82.1 Å². The molecule has 1 aliphatic heterocycles. The first-order valence-corrected chi connectivity index (χ1v) is 6.76. The Morgan fingerprint density at radius 3 is 2.62 bits per heavy atom. The van der Waals surface area contributed by atoms with E-state index in [0.29, 0.717) is 13.1 Å². The van der Waals surface area contributed by atoms with Crippen LogP contribution in [0, 0.1) is 6.92 Å². The van der Waals surface area contributed by atoms with Gasteiger partial charge in [0.1, 0.15) is 0 Å². The van der Waals surface area contributed by atoms with E-state index in [4.69, 9.17) is 5.11 Å².